The maximum Gasteiger partial charge on any atom is 0.198 e. The van der Waals surface area contributed by atoms with Crippen LogP contribution in [-0.2, 0) is 9.84 Å². The van der Waals surface area contributed by atoms with Crippen molar-refractivity contribution >= 4 is 9.84 Å². The summed E-state index contributed by atoms with van der Waals surface area (Å²) in [6.45, 7) is 3.51. The molecule has 0 radical (unpaired) electrons. The zero-order chi connectivity index (χ0) is 18.0. The summed E-state index contributed by atoms with van der Waals surface area (Å²) in [5.74, 6) is 0. The summed E-state index contributed by atoms with van der Waals surface area (Å²) in [6.07, 6.45) is 0. The van der Waals surface area contributed by atoms with Gasteiger partial charge in [-0.25, -0.2) is 13.1 Å². The Morgan fingerprint density at radius 1 is 1.00 bits per heavy atom. The van der Waals surface area contributed by atoms with Gasteiger partial charge in [-0.1, -0.05) is 36.4 Å². The number of hydrogen-bond donors (Lipinski definition) is 0. The fraction of sp³-hybridized carbons (Fsp3) is 0.158. The third-order valence-corrected chi connectivity index (χ3v) is 6.00. The molecule has 0 N–H and O–H groups in total. The molecule has 1 aromatic heterocycles. The zero-order valence-corrected chi connectivity index (χ0v) is 14.7. The third-order valence-electron chi connectivity index (χ3n) is 4.11. The first-order valence-corrected chi connectivity index (χ1v) is 9.31. The molecule has 3 rings (SSSR count). The van der Waals surface area contributed by atoms with Crippen LogP contribution in [0.1, 0.15) is 22.2 Å². The van der Waals surface area contributed by atoms with Gasteiger partial charge < -0.3 is 0 Å². The summed E-state index contributed by atoms with van der Waals surface area (Å²) in [5, 5.41) is 12.8. The van der Waals surface area contributed by atoms with E-state index in [1.165, 1.54) is 12.1 Å². The number of aryl methyl sites for hydroxylation is 1. The molecule has 0 amide bonds. The summed E-state index contributed by atoms with van der Waals surface area (Å²) in [4.78, 5) is 0.132. The summed E-state index contributed by atoms with van der Waals surface area (Å²) in [7, 11) is -3.83. The Morgan fingerprint density at radius 2 is 1.56 bits per heavy atom. The first kappa shape index (κ1) is 16.9. The van der Waals surface area contributed by atoms with Gasteiger partial charge in [-0.15, -0.1) is 0 Å². The molecule has 0 fully saturated rings. The summed E-state index contributed by atoms with van der Waals surface area (Å²) in [5.41, 5.74) is 2.44. The molecule has 126 valence electrons. The quantitative estimate of drug-likeness (QED) is 0.720. The van der Waals surface area contributed by atoms with Gasteiger partial charge in [-0.05, 0) is 38.1 Å². The molecule has 1 unspecified atom stereocenters. The van der Waals surface area contributed by atoms with Crippen LogP contribution in [0, 0.1) is 25.2 Å². The molecular weight excluding hydrogens is 334 g/mol. The van der Waals surface area contributed by atoms with Crippen LogP contribution in [-0.4, -0.2) is 18.2 Å². The zero-order valence-electron chi connectivity index (χ0n) is 13.9. The van der Waals surface area contributed by atoms with Gasteiger partial charge in [-0.2, -0.15) is 10.4 Å². The van der Waals surface area contributed by atoms with Crippen LogP contribution < -0.4 is 0 Å². The van der Waals surface area contributed by atoms with E-state index in [-0.39, 0.29) is 4.90 Å². The number of para-hydroxylation sites is 1. The maximum absolute atomic E-state index is 13.0. The fourth-order valence-corrected chi connectivity index (χ4v) is 4.49. The van der Waals surface area contributed by atoms with E-state index in [1.54, 1.807) is 36.7 Å². The first-order chi connectivity index (χ1) is 12.0. The highest BCUT2D eigenvalue weighted by atomic mass is 32.2. The predicted octanol–water partition coefficient (Wildman–Crippen LogP) is 3.53. The van der Waals surface area contributed by atoms with Crippen molar-refractivity contribution in [1.29, 1.82) is 5.26 Å². The van der Waals surface area contributed by atoms with Gasteiger partial charge in [0.15, 0.2) is 15.1 Å². The van der Waals surface area contributed by atoms with Crippen LogP contribution in [0.25, 0.3) is 5.69 Å². The molecule has 0 aliphatic heterocycles. The second-order valence-corrected chi connectivity index (χ2v) is 7.73. The fourth-order valence-electron chi connectivity index (χ4n) is 2.89. The van der Waals surface area contributed by atoms with Crippen LogP contribution in [0.5, 0.6) is 0 Å². The van der Waals surface area contributed by atoms with Crippen LogP contribution in [0.4, 0.5) is 0 Å². The molecule has 0 saturated heterocycles. The number of nitriles is 1. The lowest BCUT2D eigenvalue weighted by molar-refractivity contribution is 0.590. The van der Waals surface area contributed by atoms with Gasteiger partial charge >= 0.3 is 0 Å². The molecular formula is C19H17N3O2S. The van der Waals surface area contributed by atoms with E-state index in [4.69, 9.17) is 0 Å². The van der Waals surface area contributed by atoms with Crippen LogP contribution in [0.15, 0.2) is 65.6 Å². The molecule has 0 bridgehead atoms. The highest BCUT2D eigenvalue weighted by molar-refractivity contribution is 7.92. The second-order valence-electron chi connectivity index (χ2n) is 5.70. The predicted molar refractivity (Wildman–Crippen MR) is 95.0 cm³/mol. The molecule has 3 aromatic rings. The van der Waals surface area contributed by atoms with Gasteiger partial charge in [0, 0.05) is 11.3 Å². The molecule has 5 nitrogen and oxygen atoms in total. The van der Waals surface area contributed by atoms with Gasteiger partial charge in [-0.3, -0.25) is 0 Å². The number of rotatable bonds is 4. The Kier molecular flexibility index (Phi) is 4.43. The average molecular weight is 351 g/mol. The van der Waals surface area contributed by atoms with Crippen molar-refractivity contribution in [3.05, 3.63) is 77.6 Å². The Hall–Kier alpha value is -2.91. The summed E-state index contributed by atoms with van der Waals surface area (Å²) >= 11 is 0. The molecule has 1 atom stereocenters. The smallest absolute Gasteiger partial charge is 0.198 e. The number of benzene rings is 2. The van der Waals surface area contributed by atoms with Gasteiger partial charge in [0.25, 0.3) is 0 Å². The minimum atomic E-state index is -3.83. The van der Waals surface area contributed by atoms with E-state index in [1.807, 2.05) is 36.4 Å². The van der Waals surface area contributed by atoms with Crippen molar-refractivity contribution in [3.8, 4) is 11.8 Å². The molecule has 0 aliphatic rings. The minimum Gasteiger partial charge on any atom is -0.237 e. The Morgan fingerprint density at radius 3 is 2.12 bits per heavy atom. The second kappa shape index (κ2) is 6.54. The number of aromatic nitrogens is 2. The number of hydrogen-bond acceptors (Lipinski definition) is 4. The number of nitrogens with zero attached hydrogens (tertiary/aromatic N) is 3. The largest absolute Gasteiger partial charge is 0.237 e. The number of sulfone groups is 1. The van der Waals surface area contributed by atoms with E-state index in [0.717, 1.165) is 5.69 Å². The summed E-state index contributed by atoms with van der Waals surface area (Å²) in [6, 6.07) is 19.4. The molecule has 6 heteroatoms. The van der Waals surface area contributed by atoms with Crippen LogP contribution in [0.2, 0.25) is 0 Å². The van der Waals surface area contributed by atoms with Crippen LogP contribution >= 0.6 is 0 Å². The molecule has 2 aromatic carbocycles. The van der Waals surface area contributed by atoms with Crippen LogP contribution in [0.3, 0.4) is 0 Å². The van der Waals surface area contributed by atoms with E-state index in [2.05, 4.69) is 5.10 Å². The topological polar surface area (TPSA) is 75.8 Å². The average Bonchev–Trinajstić information content (AvgIpc) is 2.92. The van der Waals surface area contributed by atoms with Crippen molar-refractivity contribution in [2.75, 3.05) is 0 Å². The molecule has 0 spiro atoms. The van der Waals surface area contributed by atoms with E-state index < -0.39 is 15.1 Å². The van der Waals surface area contributed by atoms with E-state index in [9.17, 15) is 13.7 Å². The van der Waals surface area contributed by atoms with Crippen molar-refractivity contribution < 1.29 is 8.42 Å². The minimum absolute atomic E-state index is 0.132. The summed E-state index contributed by atoms with van der Waals surface area (Å²) < 4.78 is 27.6. The molecule has 0 saturated carbocycles. The Labute approximate surface area is 147 Å². The molecule has 1 heterocycles. The monoisotopic (exact) mass is 351 g/mol. The van der Waals surface area contributed by atoms with E-state index >= 15 is 0 Å². The van der Waals surface area contributed by atoms with Crippen molar-refractivity contribution in [3.63, 3.8) is 0 Å². The maximum atomic E-state index is 13.0. The standard InChI is InChI=1S/C19H17N3O2S/c1-14-19(15(2)22(21-14)16-9-5-3-6-10-16)18(13-20)25(23,24)17-11-7-4-8-12-17/h3-12,18H,1-2H3. The van der Waals surface area contributed by atoms with Crippen molar-refractivity contribution in [2.24, 2.45) is 0 Å². The van der Waals surface area contributed by atoms with Gasteiger partial charge in [0.05, 0.1) is 22.3 Å². The van der Waals surface area contributed by atoms with Gasteiger partial charge in [0.1, 0.15) is 0 Å². The normalized spacial score (nSPS) is 12.5. The Bertz CT molecular complexity index is 1030. The van der Waals surface area contributed by atoms with Gasteiger partial charge in [0.2, 0.25) is 0 Å². The lowest BCUT2D eigenvalue weighted by atomic mass is 10.1. The highest BCUT2D eigenvalue weighted by Gasteiger charge is 2.33. The van der Waals surface area contributed by atoms with E-state index in [0.29, 0.717) is 17.0 Å². The third kappa shape index (κ3) is 2.94. The lowest BCUT2D eigenvalue weighted by Gasteiger charge is -2.12. The molecule has 0 aliphatic carbocycles. The highest BCUT2D eigenvalue weighted by Crippen LogP contribution is 2.33. The molecule has 25 heavy (non-hydrogen) atoms. The Balaban J connectivity index is 2.16. The van der Waals surface area contributed by atoms with Crippen molar-refractivity contribution in [1.82, 2.24) is 9.78 Å². The SMILES string of the molecule is Cc1nn(-c2ccccc2)c(C)c1C(C#N)S(=O)(=O)c1ccccc1. The lowest BCUT2D eigenvalue weighted by Crippen LogP contribution is -2.14. The first-order valence-electron chi connectivity index (χ1n) is 7.77. The van der Waals surface area contributed by atoms with Crippen molar-refractivity contribution in [2.45, 2.75) is 24.0 Å².